The molecule has 130 valence electrons. The van der Waals surface area contributed by atoms with Crippen molar-refractivity contribution in [3.63, 3.8) is 0 Å². The van der Waals surface area contributed by atoms with Crippen LogP contribution in [-0.2, 0) is 11.2 Å². The number of para-hydroxylation sites is 1. The van der Waals surface area contributed by atoms with E-state index in [4.69, 9.17) is 0 Å². The second kappa shape index (κ2) is 8.76. The molecule has 0 saturated heterocycles. The summed E-state index contributed by atoms with van der Waals surface area (Å²) in [6, 6.07) is 5.75. The zero-order valence-electron chi connectivity index (χ0n) is 13.2. The molecule has 0 aromatic heterocycles. The predicted octanol–water partition coefficient (Wildman–Crippen LogP) is 3.04. The maximum Gasteiger partial charge on any atom is 0.573 e. The van der Waals surface area contributed by atoms with Crippen LogP contribution in [-0.4, -0.2) is 30.0 Å². The lowest BCUT2D eigenvalue weighted by Crippen LogP contribution is -2.28. The van der Waals surface area contributed by atoms with Crippen LogP contribution in [0.5, 0.6) is 5.75 Å². The van der Waals surface area contributed by atoms with Gasteiger partial charge in [-0.3, -0.25) is 4.79 Å². The molecule has 1 rings (SSSR count). The van der Waals surface area contributed by atoms with E-state index in [-0.39, 0.29) is 30.4 Å². The first-order valence-electron chi connectivity index (χ1n) is 7.47. The summed E-state index contributed by atoms with van der Waals surface area (Å²) >= 11 is 0. The van der Waals surface area contributed by atoms with E-state index in [1.165, 1.54) is 18.2 Å². The number of carbonyl (C=O) groups is 1. The highest BCUT2D eigenvalue weighted by molar-refractivity contribution is 5.76. The Morgan fingerprint density at radius 2 is 1.96 bits per heavy atom. The molecule has 7 heteroatoms. The van der Waals surface area contributed by atoms with Crippen molar-refractivity contribution in [1.29, 1.82) is 0 Å². The van der Waals surface area contributed by atoms with Crippen molar-refractivity contribution in [1.82, 2.24) is 5.32 Å². The van der Waals surface area contributed by atoms with Crippen LogP contribution >= 0.6 is 0 Å². The molecule has 1 atom stereocenters. The summed E-state index contributed by atoms with van der Waals surface area (Å²) in [4.78, 5) is 11.7. The first-order valence-corrected chi connectivity index (χ1v) is 7.47. The zero-order valence-corrected chi connectivity index (χ0v) is 13.2. The van der Waals surface area contributed by atoms with Crippen molar-refractivity contribution >= 4 is 5.91 Å². The Bertz CT molecular complexity index is 504. The van der Waals surface area contributed by atoms with Crippen LogP contribution in [0.15, 0.2) is 24.3 Å². The third kappa shape index (κ3) is 7.88. The van der Waals surface area contributed by atoms with Crippen molar-refractivity contribution < 1.29 is 27.8 Å². The number of alkyl halides is 3. The lowest BCUT2D eigenvalue weighted by atomic mass is 10.0. The number of hydrogen-bond donors (Lipinski definition) is 2. The maximum absolute atomic E-state index is 12.3. The molecule has 0 spiro atoms. The molecule has 0 unspecified atom stereocenters. The van der Waals surface area contributed by atoms with Gasteiger partial charge in [0.05, 0.1) is 6.10 Å². The number of aliphatic hydroxyl groups is 1. The number of benzene rings is 1. The number of hydrogen-bond acceptors (Lipinski definition) is 3. The Morgan fingerprint density at radius 3 is 2.57 bits per heavy atom. The number of amides is 1. The lowest BCUT2D eigenvalue weighted by Gasteiger charge is -2.15. The highest BCUT2D eigenvalue weighted by Crippen LogP contribution is 2.26. The van der Waals surface area contributed by atoms with Crippen molar-refractivity contribution in [3.05, 3.63) is 29.8 Å². The summed E-state index contributed by atoms with van der Waals surface area (Å²) in [6.45, 7) is 4.09. The smallest absolute Gasteiger partial charge is 0.406 e. The molecule has 4 nitrogen and oxygen atoms in total. The molecule has 0 fully saturated rings. The number of nitrogens with one attached hydrogen (secondary N) is 1. The van der Waals surface area contributed by atoms with Crippen molar-refractivity contribution in [3.8, 4) is 5.75 Å². The summed E-state index contributed by atoms with van der Waals surface area (Å²) in [5.74, 6) is -0.455. The number of halogens is 3. The van der Waals surface area contributed by atoms with Crippen molar-refractivity contribution in [2.75, 3.05) is 6.54 Å². The third-order valence-corrected chi connectivity index (χ3v) is 3.35. The summed E-state index contributed by atoms with van der Waals surface area (Å²) in [6.07, 6.45) is -4.61. The molecule has 0 aliphatic rings. The molecule has 1 aromatic rings. The first-order chi connectivity index (χ1) is 10.7. The first kappa shape index (κ1) is 19.3. The molecular formula is C16H22F3NO3. The molecule has 0 bridgehead atoms. The average molecular weight is 333 g/mol. The third-order valence-electron chi connectivity index (χ3n) is 3.35. The number of aryl methyl sites for hydroxylation is 1. The highest BCUT2D eigenvalue weighted by Gasteiger charge is 2.31. The normalized spacial score (nSPS) is 13.0. The summed E-state index contributed by atoms with van der Waals surface area (Å²) in [5, 5.41) is 12.3. The van der Waals surface area contributed by atoms with Crippen LogP contribution in [0.2, 0.25) is 0 Å². The Labute approximate surface area is 133 Å². The van der Waals surface area contributed by atoms with Crippen LogP contribution in [0, 0.1) is 5.92 Å². The fraction of sp³-hybridized carbons (Fsp3) is 0.562. The van der Waals surface area contributed by atoms with Gasteiger partial charge in [-0.1, -0.05) is 32.0 Å². The molecule has 1 aromatic carbocycles. The Balaban J connectivity index is 2.44. The van der Waals surface area contributed by atoms with Gasteiger partial charge in [0.2, 0.25) is 5.91 Å². The standard InChI is InChI=1S/C16H22F3NO3/c1-11(2)13(21)9-10-20-15(22)8-7-12-5-3-4-6-14(12)23-16(17,18)19/h3-6,11,13,21H,7-10H2,1-2H3,(H,20,22)/t13-/m1/s1. The fourth-order valence-corrected chi connectivity index (χ4v) is 1.96. The molecule has 2 N–H and O–H groups in total. The lowest BCUT2D eigenvalue weighted by molar-refractivity contribution is -0.274. The average Bonchev–Trinajstić information content (AvgIpc) is 2.44. The minimum absolute atomic E-state index is 0.0516. The number of aliphatic hydroxyl groups excluding tert-OH is 1. The van der Waals surface area contributed by atoms with E-state index in [0.717, 1.165) is 0 Å². The number of rotatable bonds is 8. The fourth-order valence-electron chi connectivity index (χ4n) is 1.96. The van der Waals surface area contributed by atoms with Gasteiger partial charge in [0.25, 0.3) is 0 Å². The molecule has 0 heterocycles. The van der Waals surface area contributed by atoms with E-state index in [1.807, 2.05) is 13.8 Å². The van der Waals surface area contributed by atoms with Gasteiger partial charge < -0.3 is 15.2 Å². The van der Waals surface area contributed by atoms with Gasteiger partial charge in [0.15, 0.2) is 0 Å². The minimum atomic E-state index is -4.76. The van der Waals surface area contributed by atoms with Crippen LogP contribution in [0.4, 0.5) is 13.2 Å². The predicted molar refractivity (Wildman–Crippen MR) is 79.9 cm³/mol. The Morgan fingerprint density at radius 1 is 1.30 bits per heavy atom. The second-order valence-corrected chi connectivity index (χ2v) is 5.61. The highest BCUT2D eigenvalue weighted by atomic mass is 19.4. The molecule has 1 amide bonds. The van der Waals surface area contributed by atoms with Crippen LogP contribution in [0.1, 0.15) is 32.3 Å². The monoisotopic (exact) mass is 333 g/mol. The maximum atomic E-state index is 12.3. The van der Waals surface area contributed by atoms with E-state index in [9.17, 15) is 23.1 Å². The molecule has 0 aliphatic carbocycles. The van der Waals surface area contributed by atoms with E-state index in [2.05, 4.69) is 10.1 Å². The SMILES string of the molecule is CC(C)[C@H](O)CCNC(=O)CCc1ccccc1OC(F)(F)F. The van der Waals surface area contributed by atoms with Gasteiger partial charge in [-0.15, -0.1) is 13.2 Å². The minimum Gasteiger partial charge on any atom is -0.406 e. The van der Waals surface area contributed by atoms with Gasteiger partial charge in [-0.2, -0.15) is 0 Å². The summed E-state index contributed by atoms with van der Waals surface area (Å²) in [7, 11) is 0. The van der Waals surface area contributed by atoms with Gasteiger partial charge in [-0.25, -0.2) is 0 Å². The van der Waals surface area contributed by atoms with Gasteiger partial charge in [0, 0.05) is 13.0 Å². The Hall–Kier alpha value is -1.76. The molecule has 0 aliphatic heterocycles. The molecule has 0 saturated carbocycles. The largest absolute Gasteiger partial charge is 0.573 e. The Kier molecular flexibility index (Phi) is 7.35. The van der Waals surface area contributed by atoms with Gasteiger partial charge in [-0.05, 0) is 30.4 Å². The molecule has 0 radical (unpaired) electrons. The van der Waals surface area contributed by atoms with Crippen LogP contribution in [0.25, 0.3) is 0 Å². The van der Waals surface area contributed by atoms with E-state index in [0.29, 0.717) is 18.5 Å². The quantitative estimate of drug-likeness (QED) is 0.769. The summed E-state index contributed by atoms with van der Waals surface area (Å²) in [5.41, 5.74) is 0.321. The van der Waals surface area contributed by atoms with Crippen molar-refractivity contribution in [2.24, 2.45) is 5.92 Å². The molecule has 23 heavy (non-hydrogen) atoms. The van der Waals surface area contributed by atoms with Crippen molar-refractivity contribution in [2.45, 2.75) is 45.6 Å². The van der Waals surface area contributed by atoms with Gasteiger partial charge >= 0.3 is 6.36 Å². The van der Waals surface area contributed by atoms with Crippen LogP contribution in [0.3, 0.4) is 0 Å². The zero-order chi connectivity index (χ0) is 17.5. The van der Waals surface area contributed by atoms with E-state index < -0.39 is 12.5 Å². The number of ether oxygens (including phenoxy) is 1. The second-order valence-electron chi connectivity index (χ2n) is 5.61. The summed E-state index contributed by atoms with van der Waals surface area (Å²) < 4.78 is 40.8. The van der Waals surface area contributed by atoms with E-state index >= 15 is 0 Å². The van der Waals surface area contributed by atoms with E-state index in [1.54, 1.807) is 6.07 Å². The van der Waals surface area contributed by atoms with Gasteiger partial charge in [0.1, 0.15) is 5.75 Å². The number of carbonyl (C=O) groups excluding carboxylic acids is 1. The molecular weight excluding hydrogens is 311 g/mol. The topological polar surface area (TPSA) is 58.6 Å². The van der Waals surface area contributed by atoms with Crippen LogP contribution < -0.4 is 10.1 Å².